The molecule has 0 aromatic rings. The SMILES string of the molecule is CCC(CCCOC1CC(C)CC(C)C1)(NC)C(=O)O. The lowest BCUT2D eigenvalue weighted by Gasteiger charge is -2.32. The quantitative estimate of drug-likeness (QED) is 0.673. The number of carboxylic acids is 1. The summed E-state index contributed by atoms with van der Waals surface area (Å²) in [6.45, 7) is 7.16. The van der Waals surface area contributed by atoms with E-state index in [-0.39, 0.29) is 0 Å². The number of hydrogen-bond donors (Lipinski definition) is 2. The lowest BCUT2D eigenvalue weighted by Crippen LogP contribution is -2.50. The number of aliphatic carboxylic acids is 1. The molecule has 1 fully saturated rings. The van der Waals surface area contributed by atoms with E-state index < -0.39 is 11.5 Å². The zero-order valence-corrected chi connectivity index (χ0v) is 13.4. The normalized spacial score (nSPS) is 29.9. The minimum absolute atomic E-state index is 0.365. The molecule has 0 amide bonds. The van der Waals surface area contributed by atoms with Crippen molar-refractivity contribution < 1.29 is 14.6 Å². The Morgan fingerprint density at radius 2 is 1.90 bits per heavy atom. The Labute approximate surface area is 123 Å². The number of likely N-dealkylation sites (N-methyl/N-ethyl adjacent to an activating group) is 1. The van der Waals surface area contributed by atoms with Gasteiger partial charge in [-0.15, -0.1) is 0 Å². The average Bonchev–Trinajstić information content (AvgIpc) is 2.38. The highest BCUT2D eigenvalue weighted by Crippen LogP contribution is 2.30. The third-order valence-corrected chi connectivity index (χ3v) is 4.73. The van der Waals surface area contributed by atoms with Crippen LogP contribution in [0.15, 0.2) is 0 Å². The van der Waals surface area contributed by atoms with Gasteiger partial charge in [-0.2, -0.15) is 0 Å². The molecule has 0 heterocycles. The zero-order valence-electron chi connectivity index (χ0n) is 13.4. The monoisotopic (exact) mass is 285 g/mol. The standard InChI is InChI=1S/C16H31NO3/c1-5-16(17-4,15(18)19)7-6-8-20-14-10-12(2)9-13(3)11-14/h12-14,17H,5-11H2,1-4H3,(H,18,19). The fourth-order valence-electron chi connectivity index (χ4n) is 3.48. The maximum atomic E-state index is 11.4. The second kappa shape index (κ2) is 7.99. The van der Waals surface area contributed by atoms with Gasteiger partial charge in [0.25, 0.3) is 0 Å². The van der Waals surface area contributed by atoms with Gasteiger partial charge in [0.15, 0.2) is 0 Å². The van der Waals surface area contributed by atoms with Crippen LogP contribution in [0.3, 0.4) is 0 Å². The third-order valence-electron chi connectivity index (χ3n) is 4.73. The van der Waals surface area contributed by atoms with Crippen LogP contribution in [0.25, 0.3) is 0 Å². The van der Waals surface area contributed by atoms with Crippen LogP contribution in [0.5, 0.6) is 0 Å². The first kappa shape index (κ1) is 17.4. The van der Waals surface area contributed by atoms with Crippen molar-refractivity contribution in [1.29, 1.82) is 0 Å². The fraction of sp³-hybridized carbons (Fsp3) is 0.938. The molecule has 1 aliphatic carbocycles. The van der Waals surface area contributed by atoms with Gasteiger partial charge in [-0.05, 0) is 57.4 Å². The molecule has 1 aliphatic rings. The van der Waals surface area contributed by atoms with Gasteiger partial charge in [-0.25, -0.2) is 0 Å². The smallest absolute Gasteiger partial charge is 0.323 e. The first-order valence-corrected chi connectivity index (χ1v) is 7.97. The molecule has 4 nitrogen and oxygen atoms in total. The molecular weight excluding hydrogens is 254 g/mol. The second-order valence-corrected chi connectivity index (χ2v) is 6.50. The van der Waals surface area contributed by atoms with E-state index in [1.54, 1.807) is 7.05 Å². The Balaban J connectivity index is 2.31. The highest BCUT2D eigenvalue weighted by Gasteiger charge is 2.34. The van der Waals surface area contributed by atoms with Crippen molar-refractivity contribution >= 4 is 5.97 Å². The fourth-order valence-corrected chi connectivity index (χ4v) is 3.48. The summed E-state index contributed by atoms with van der Waals surface area (Å²) in [6, 6.07) is 0. The lowest BCUT2D eigenvalue weighted by atomic mass is 9.82. The molecule has 3 unspecified atom stereocenters. The van der Waals surface area contributed by atoms with Crippen LogP contribution in [0.4, 0.5) is 0 Å². The van der Waals surface area contributed by atoms with Gasteiger partial charge in [0, 0.05) is 6.61 Å². The van der Waals surface area contributed by atoms with Gasteiger partial charge in [-0.1, -0.05) is 20.8 Å². The van der Waals surface area contributed by atoms with Crippen molar-refractivity contribution in [2.45, 2.75) is 70.9 Å². The number of ether oxygens (including phenoxy) is 1. The Bertz CT molecular complexity index is 292. The van der Waals surface area contributed by atoms with Gasteiger partial charge in [0.2, 0.25) is 0 Å². The van der Waals surface area contributed by atoms with E-state index in [9.17, 15) is 9.90 Å². The molecule has 0 radical (unpaired) electrons. The van der Waals surface area contributed by atoms with Crippen molar-refractivity contribution in [1.82, 2.24) is 5.32 Å². The minimum Gasteiger partial charge on any atom is -0.480 e. The molecule has 4 heteroatoms. The zero-order chi connectivity index (χ0) is 15.2. The molecule has 20 heavy (non-hydrogen) atoms. The molecule has 0 aromatic carbocycles. The van der Waals surface area contributed by atoms with Gasteiger partial charge >= 0.3 is 5.97 Å². The van der Waals surface area contributed by atoms with Gasteiger partial charge in [0.1, 0.15) is 5.54 Å². The predicted octanol–water partition coefficient (Wildman–Crippen LogP) is 3.06. The minimum atomic E-state index is -0.795. The van der Waals surface area contributed by atoms with E-state index in [1.165, 1.54) is 6.42 Å². The maximum Gasteiger partial charge on any atom is 0.323 e. The van der Waals surface area contributed by atoms with Crippen molar-refractivity contribution in [2.75, 3.05) is 13.7 Å². The number of nitrogens with one attached hydrogen (secondary N) is 1. The number of hydrogen-bond acceptors (Lipinski definition) is 3. The van der Waals surface area contributed by atoms with Gasteiger partial charge in [0.05, 0.1) is 6.10 Å². The first-order chi connectivity index (χ1) is 9.43. The summed E-state index contributed by atoms with van der Waals surface area (Å²) in [5, 5.41) is 12.3. The summed E-state index contributed by atoms with van der Waals surface area (Å²) < 4.78 is 5.97. The molecule has 2 N–H and O–H groups in total. The van der Waals surface area contributed by atoms with Crippen molar-refractivity contribution in [3.05, 3.63) is 0 Å². The Morgan fingerprint density at radius 3 is 2.35 bits per heavy atom. The second-order valence-electron chi connectivity index (χ2n) is 6.50. The summed E-state index contributed by atoms with van der Waals surface area (Å²) in [6.07, 6.45) is 5.97. The van der Waals surface area contributed by atoms with E-state index in [1.807, 2.05) is 6.92 Å². The van der Waals surface area contributed by atoms with E-state index in [4.69, 9.17) is 4.74 Å². The summed E-state index contributed by atoms with van der Waals surface area (Å²) in [5.41, 5.74) is -0.795. The highest BCUT2D eigenvalue weighted by atomic mass is 16.5. The molecule has 3 atom stereocenters. The molecule has 0 aliphatic heterocycles. The molecule has 1 rings (SSSR count). The molecule has 118 valence electrons. The predicted molar refractivity (Wildman–Crippen MR) is 80.9 cm³/mol. The van der Waals surface area contributed by atoms with Crippen LogP contribution in [0.2, 0.25) is 0 Å². The van der Waals surface area contributed by atoms with Crippen LogP contribution in [0.1, 0.15) is 59.3 Å². The Morgan fingerprint density at radius 1 is 1.30 bits per heavy atom. The van der Waals surface area contributed by atoms with Crippen molar-refractivity contribution in [3.8, 4) is 0 Å². The van der Waals surface area contributed by atoms with E-state index in [0.29, 0.717) is 25.6 Å². The number of rotatable bonds is 8. The largest absolute Gasteiger partial charge is 0.480 e. The topological polar surface area (TPSA) is 58.6 Å². The van der Waals surface area contributed by atoms with Crippen LogP contribution >= 0.6 is 0 Å². The van der Waals surface area contributed by atoms with Gasteiger partial charge in [-0.3, -0.25) is 4.79 Å². The third kappa shape index (κ3) is 4.74. The van der Waals surface area contributed by atoms with E-state index >= 15 is 0 Å². The van der Waals surface area contributed by atoms with E-state index in [2.05, 4.69) is 19.2 Å². The van der Waals surface area contributed by atoms with Crippen LogP contribution < -0.4 is 5.32 Å². The summed E-state index contributed by atoms with van der Waals surface area (Å²) in [4.78, 5) is 11.4. The van der Waals surface area contributed by atoms with Crippen LogP contribution in [-0.4, -0.2) is 36.4 Å². The molecule has 0 saturated heterocycles. The summed E-state index contributed by atoms with van der Waals surface area (Å²) in [7, 11) is 1.73. The number of carbonyl (C=O) groups is 1. The number of carboxylic acid groups (broad SMARTS) is 1. The first-order valence-electron chi connectivity index (χ1n) is 7.97. The van der Waals surface area contributed by atoms with Crippen LogP contribution in [0, 0.1) is 11.8 Å². The molecule has 1 saturated carbocycles. The molecule has 0 spiro atoms. The maximum absolute atomic E-state index is 11.4. The van der Waals surface area contributed by atoms with E-state index in [0.717, 1.165) is 31.1 Å². The summed E-state index contributed by atoms with van der Waals surface area (Å²) >= 11 is 0. The summed E-state index contributed by atoms with van der Waals surface area (Å²) in [5.74, 6) is 0.729. The van der Waals surface area contributed by atoms with Crippen molar-refractivity contribution in [2.24, 2.45) is 11.8 Å². The molecule has 0 aromatic heterocycles. The Hall–Kier alpha value is -0.610. The highest BCUT2D eigenvalue weighted by molar-refractivity contribution is 5.78. The molecule has 0 bridgehead atoms. The van der Waals surface area contributed by atoms with Crippen LogP contribution in [-0.2, 0) is 9.53 Å². The lowest BCUT2D eigenvalue weighted by molar-refractivity contribution is -0.145. The average molecular weight is 285 g/mol. The Kier molecular flexibility index (Phi) is 6.96. The van der Waals surface area contributed by atoms with Crippen molar-refractivity contribution in [3.63, 3.8) is 0 Å². The van der Waals surface area contributed by atoms with Gasteiger partial charge < -0.3 is 15.2 Å². The molecular formula is C16H31NO3.